The highest BCUT2D eigenvalue weighted by atomic mass is 32.1. The summed E-state index contributed by atoms with van der Waals surface area (Å²) in [5.74, 6) is -0.152. The standard InChI is InChI=1S/C18H19N3O3S/c1-3-12(2)15-9-4-5-10-16(15)19-18(25)20-17(22)13-7-6-8-14(11-13)21(23)24/h4-12H,3H2,1-2H3,(H2,19,20,22,25)/t12-/m1/s1. The number of nitro groups is 1. The van der Waals surface area contributed by atoms with E-state index >= 15 is 0 Å². The van der Waals surface area contributed by atoms with E-state index in [1.54, 1.807) is 0 Å². The average Bonchev–Trinajstić information content (AvgIpc) is 2.61. The number of anilines is 1. The molecule has 130 valence electrons. The van der Waals surface area contributed by atoms with Crippen LogP contribution in [0.1, 0.15) is 42.1 Å². The number of hydrogen-bond acceptors (Lipinski definition) is 4. The SMILES string of the molecule is CC[C@@H](C)c1ccccc1NC(=S)NC(=O)c1cccc([N+](=O)[O-])c1. The number of hydrogen-bond donors (Lipinski definition) is 2. The Bertz CT molecular complexity index is 808. The van der Waals surface area contributed by atoms with E-state index < -0.39 is 10.8 Å². The molecule has 0 aliphatic heterocycles. The van der Waals surface area contributed by atoms with Crippen molar-refractivity contribution in [2.24, 2.45) is 0 Å². The quantitative estimate of drug-likeness (QED) is 0.475. The third kappa shape index (κ3) is 4.84. The van der Waals surface area contributed by atoms with Gasteiger partial charge in [0.25, 0.3) is 11.6 Å². The lowest BCUT2D eigenvalue weighted by atomic mass is 9.97. The van der Waals surface area contributed by atoms with Gasteiger partial charge in [0, 0.05) is 23.4 Å². The van der Waals surface area contributed by atoms with E-state index in [-0.39, 0.29) is 16.4 Å². The van der Waals surface area contributed by atoms with Gasteiger partial charge >= 0.3 is 0 Å². The molecule has 0 heterocycles. The topological polar surface area (TPSA) is 84.3 Å². The van der Waals surface area contributed by atoms with E-state index in [1.165, 1.54) is 24.3 Å². The summed E-state index contributed by atoms with van der Waals surface area (Å²) in [5.41, 5.74) is 1.97. The monoisotopic (exact) mass is 357 g/mol. The highest BCUT2D eigenvalue weighted by molar-refractivity contribution is 7.80. The second-order valence-corrected chi connectivity index (χ2v) is 6.02. The fraction of sp³-hybridized carbons (Fsp3) is 0.222. The number of benzene rings is 2. The summed E-state index contributed by atoms with van der Waals surface area (Å²) in [5, 5.41) is 16.5. The molecule has 0 saturated heterocycles. The summed E-state index contributed by atoms with van der Waals surface area (Å²) in [6, 6.07) is 13.3. The van der Waals surface area contributed by atoms with Crippen LogP contribution in [0.2, 0.25) is 0 Å². The molecule has 0 unspecified atom stereocenters. The van der Waals surface area contributed by atoms with Gasteiger partial charge in [0.1, 0.15) is 0 Å². The molecule has 0 saturated carbocycles. The maximum atomic E-state index is 12.2. The summed E-state index contributed by atoms with van der Waals surface area (Å²) in [4.78, 5) is 22.5. The maximum absolute atomic E-state index is 12.2. The van der Waals surface area contributed by atoms with Gasteiger partial charge in [-0.15, -0.1) is 0 Å². The van der Waals surface area contributed by atoms with Crippen LogP contribution < -0.4 is 10.6 Å². The van der Waals surface area contributed by atoms with Gasteiger partial charge in [-0.25, -0.2) is 0 Å². The smallest absolute Gasteiger partial charge is 0.270 e. The summed E-state index contributed by atoms with van der Waals surface area (Å²) < 4.78 is 0. The minimum atomic E-state index is -0.546. The van der Waals surface area contributed by atoms with Crippen molar-refractivity contribution in [2.75, 3.05) is 5.32 Å². The summed E-state index contributed by atoms with van der Waals surface area (Å²) in [7, 11) is 0. The van der Waals surface area contributed by atoms with Gasteiger partial charge in [0.15, 0.2) is 5.11 Å². The van der Waals surface area contributed by atoms with Gasteiger partial charge in [0.05, 0.1) is 4.92 Å². The molecule has 0 aliphatic rings. The van der Waals surface area contributed by atoms with Crippen molar-refractivity contribution in [1.29, 1.82) is 0 Å². The zero-order valence-corrected chi connectivity index (χ0v) is 14.8. The van der Waals surface area contributed by atoms with Crippen molar-refractivity contribution in [3.8, 4) is 0 Å². The van der Waals surface area contributed by atoms with Crippen LogP contribution in [-0.2, 0) is 0 Å². The summed E-state index contributed by atoms with van der Waals surface area (Å²) in [6.45, 7) is 4.22. The number of carbonyl (C=O) groups is 1. The largest absolute Gasteiger partial charge is 0.332 e. The number of non-ortho nitro benzene ring substituents is 1. The third-order valence-electron chi connectivity index (χ3n) is 3.90. The van der Waals surface area contributed by atoms with Gasteiger partial charge < -0.3 is 5.32 Å². The van der Waals surface area contributed by atoms with E-state index in [0.717, 1.165) is 17.7 Å². The first-order valence-corrected chi connectivity index (χ1v) is 8.29. The number of nitro benzene ring substituents is 1. The van der Waals surface area contributed by atoms with Gasteiger partial charge in [-0.1, -0.05) is 38.1 Å². The first-order chi connectivity index (χ1) is 11.9. The molecule has 25 heavy (non-hydrogen) atoms. The Hall–Kier alpha value is -2.80. The van der Waals surface area contributed by atoms with Crippen LogP contribution in [0.25, 0.3) is 0 Å². The van der Waals surface area contributed by atoms with Gasteiger partial charge in [-0.3, -0.25) is 20.2 Å². The zero-order valence-electron chi connectivity index (χ0n) is 14.0. The molecule has 2 aromatic carbocycles. The summed E-state index contributed by atoms with van der Waals surface area (Å²) in [6.07, 6.45) is 0.978. The molecule has 1 amide bonds. The number of carbonyl (C=O) groups excluding carboxylic acids is 1. The molecular weight excluding hydrogens is 338 g/mol. The molecule has 0 aromatic heterocycles. The molecule has 7 heteroatoms. The molecule has 0 fully saturated rings. The van der Waals surface area contributed by atoms with Crippen molar-refractivity contribution < 1.29 is 9.72 Å². The van der Waals surface area contributed by atoms with Crippen molar-refractivity contribution in [3.05, 3.63) is 69.8 Å². The number of nitrogens with one attached hydrogen (secondary N) is 2. The lowest BCUT2D eigenvalue weighted by Crippen LogP contribution is -2.34. The van der Waals surface area contributed by atoms with E-state index in [4.69, 9.17) is 12.2 Å². The predicted molar refractivity (Wildman–Crippen MR) is 102 cm³/mol. The first kappa shape index (κ1) is 18.5. The molecular formula is C18H19N3O3S. The molecule has 0 spiro atoms. The Balaban J connectivity index is 2.09. The Kier molecular flexibility index (Phi) is 6.19. The third-order valence-corrected chi connectivity index (χ3v) is 4.10. The first-order valence-electron chi connectivity index (χ1n) is 7.88. The lowest BCUT2D eigenvalue weighted by molar-refractivity contribution is -0.384. The van der Waals surface area contributed by atoms with E-state index in [0.29, 0.717) is 5.92 Å². The molecule has 0 bridgehead atoms. The fourth-order valence-electron chi connectivity index (χ4n) is 2.35. The number of thiocarbonyl (C=S) groups is 1. The highest BCUT2D eigenvalue weighted by Gasteiger charge is 2.14. The number of para-hydroxylation sites is 1. The lowest BCUT2D eigenvalue weighted by Gasteiger charge is -2.17. The molecule has 6 nitrogen and oxygen atoms in total. The molecule has 2 N–H and O–H groups in total. The van der Waals surface area contributed by atoms with E-state index in [9.17, 15) is 14.9 Å². The minimum absolute atomic E-state index is 0.145. The average molecular weight is 357 g/mol. The molecule has 0 aliphatic carbocycles. The van der Waals surface area contributed by atoms with Crippen molar-refractivity contribution in [1.82, 2.24) is 5.32 Å². The van der Waals surface area contributed by atoms with Crippen LogP contribution in [0, 0.1) is 10.1 Å². The number of rotatable bonds is 5. The minimum Gasteiger partial charge on any atom is -0.332 e. The fourth-order valence-corrected chi connectivity index (χ4v) is 2.55. The predicted octanol–water partition coefficient (Wildman–Crippen LogP) is 4.24. The maximum Gasteiger partial charge on any atom is 0.270 e. The van der Waals surface area contributed by atoms with Crippen LogP contribution >= 0.6 is 12.2 Å². The van der Waals surface area contributed by atoms with Crippen molar-refractivity contribution in [3.63, 3.8) is 0 Å². The highest BCUT2D eigenvalue weighted by Crippen LogP contribution is 2.26. The normalized spacial score (nSPS) is 11.4. The van der Waals surface area contributed by atoms with Gasteiger partial charge in [-0.2, -0.15) is 0 Å². The van der Waals surface area contributed by atoms with Crippen LogP contribution in [0.15, 0.2) is 48.5 Å². The van der Waals surface area contributed by atoms with Crippen molar-refractivity contribution in [2.45, 2.75) is 26.2 Å². The van der Waals surface area contributed by atoms with Crippen LogP contribution in [0.4, 0.5) is 11.4 Å². The van der Waals surface area contributed by atoms with Crippen LogP contribution in [0.5, 0.6) is 0 Å². The second-order valence-electron chi connectivity index (χ2n) is 5.61. The van der Waals surface area contributed by atoms with Crippen LogP contribution in [0.3, 0.4) is 0 Å². The molecule has 2 aromatic rings. The Morgan fingerprint density at radius 3 is 2.64 bits per heavy atom. The Morgan fingerprint density at radius 2 is 1.96 bits per heavy atom. The Morgan fingerprint density at radius 1 is 1.24 bits per heavy atom. The van der Waals surface area contributed by atoms with E-state index in [2.05, 4.69) is 24.5 Å². The zero-order chi connectivity index (χ0) is 18.4. The second kappa shape index (κ2) is 8.34. The number of nitrogens with zero attached hydrogens (tertiary/aromatic N) is 1. The molecule has 1 atom stereocenters. The van der Waals surface area contributed by atoms with Crippen LogP contribution in [-0.4, -0.2) is 15.9 Å². The van der Waals surface area contributed by atoms with Crippen molar-refractivity contribution >= 4 is 34.6 Å². The molecule has 0 radical (unpaired) electrons. The Labute approximate surface area is 151 Å². The van der Waals surface area contributed by atoms with E-state index in [1.807, 2.05) is 24.3 Å². The number of amides is 1. The molecule has 2 rings (SSSR count). The van der Waals surface area contributed by atoms with Gasteiger partial charge in [-0.05, 0) is 42.3 Å². The van der Waals surface area contributed by atoms with Gasteiger partial charge in [0.2, 0.25) is 0 Å². The summed E-state index contributed by atoms with van der Waals surface area (Å²) >= 11 is 5.20.